The van der Waals surface area contributed by atoms with Crippen LogP contribution in [0.1, 0.15) is 33.3 Å². The minimum Gasteiger partial charge on any atom is -0.344 e. The van der Waals surface area contributed by atoms with Crippen molar-refractivity contribution in [3.8, 4) is 0 Å². The lowest BCUT2D eigenvalue weighted by molar-refractivity contribution is 0.0937. The number of thiophene rings is 1. The highest BCUT2D eigenvalue weighted by Gasteiger charge is 2.18. The molecule has 0 spiro atoms. The second kappa shape index (κ2) is 7.19. The Morgan fingerprint density at radius 3 is 2.78 bits per heavy atom. The Morgan fingerprint density at radius 2 is 2.13 bits per heavy atom. The van der Waals surface area contributed by atoms with E-state index in [0.29, 0.717) is 6.54 Å². The molecule has 0 aliphatic heterocycles. The summed E-state index contributed by atoms with van der Waals surface area (Å²) >= 11 is 1.47. The Hall–Kier alpha value is -2.47. The van der Waals surface area contributed by atoms with E-state index in [-0.39, 0.29) is 11.9 Å². The molecule has 2 heterocycles. The van der Waals surface area contributed by atoms with E-state index in [4.69, 9.17) is 0 Å². The topological polar surface area (TPSA) is 59.8 Å². The molecule has 118 valence electrons. The lowest BCUT2D eigenvalue weighted by Gasteiger charge is -2.19. The normalized spacial score (nSPS) is 12.0. The van der Waals surface area contributed by atoms with Crippen LogP contribution in [0.15, 0.2) is 54.4 Å². The van der Waals surface area contributed by atoms with Gasteiger partial charge in [-0.15, -0.1) is 11.3 Å². The molecule has 0 aliphatic rings. The van der Waals surface area contributed by atoms with Gasteiger partial charge in [-0.25, -0.2) is 4.98 Å². The van der Waals surface area contributed by atoms with E-state index >= 15 is 0 Å². The first-order valence-electron chi connectivity index (χ1n) is 7.46. The molecule has 3 aromatic rings. The smallest absolute Gasteiger partial charge is 0.262 e. The van der Waals surface area contributed by atoms with E-state index in [1.165, 1.54) is 17.7 Å². The molecule has 0 saturated carbocycles. The number of amides is 1. The zero-order valence-corrected chi connectivity index (χ0v) is 13.7. The van der Waals surface area contributed by atoms with Crippen LogP contribution >= 0.6 is 11.3 Å². The van der Waals surface area contributed by atoms with Crippen LogP contribution in [-0.4, -0.2) is 20.7 Å². The van der Waals surface area contributed by atoms with E-state index in [2.05, 4.69) is 15.4 Å². The molecule has 1 amide bonds. The molecule has 0 fully saturated rings. The van der Waals surface area contributed by atoms with Crippen LogP contribution in [0.2, 0.25) is 0 Å². The number of carbonyl (C=O) groups excluding carboxylic acids is 1. The van der Waals surface area contributed by atoms with Gasteiger partial charge < -0.3 is 5.32 Å². The van der Waals surface area contributed by atoms with E-state index in [9.17, 15) is 4.79 Å². The van der Waals surface area contributed by atoms with Crippen LogP contribution < -0.4 is 5.32 Å². The minimum absolute atomic E-state index is 0.0232. The Balaban J connectivity index is 1.75. The number of nitrogens with one attached hydrogen (secondary N) is 1. The number of benzene rings is 1. The maximum atomic E-state index is 12.5. The maximum Gasteiger partial charge on any atom is 0.262 e. The summed E-state index contributed by atoms with van der Waals surface area (Å²) in [5.41, 5.74) is 2.10. The predicted molar refractivity (Wildman–Crippen MR) is 90.3 cm³/mol. The molecule has 3 rings (SSSR count). The number of aromatic nitrogens is 3. The third-order valence-electron chi connectivity index (χ3n) is 3.69. The van der Waals surface area contributed by atoms with Crippen molar-refractivity contribution in [2.24, 2.45) is 0 Å². The standard InChI is InChI=1S/C17H18N4OS/c1-13-8-10-23-16(13)17(22)20-15(14-5-3-2-4-6-14)7-9-21-12-18-11-19-21/h2-6,8,10-12,15H,7,9H2,1H3,(H,20,22)/t15-/m1/s1. The van der Waals surface area contributed by atoms with Gasteiger partial charge in [-0.1, -0.05) is 30.3 Å². The number of aryl methyl sites for hydroxylation is 2. The molecule has 0 unspecified atom stereocenters. The average Bonchev–Trinajstić information content (AvgIpc) is 3.23. The molecule has 1 atom stereocenters. The van der Waals surface area contributed by atoms with Crippen molar-refractivity contribution in [1.82, 2.24) is 20.1 Å². The fourth-order valence-corrected chi connectivity index (χ4v) is 3.27. The molecular formula is C17H18N4OS. The molecule has 0 saturated heterocycles. The van der Waals surface area contributed by atoms with Crippen LogP contribution in [0.25, 0.3) is 0 Å². The summed E-state index contributed by atoms with van der Waals surface area (Å²) in [4.78, 5) is 17.3. The molecule has 1 aromatic carbocycles. The van der Waals surface area contributed by atoms with Crippen LogP contribution in [0.4, 0.5) is 0 Å². The van der Waals surface area contributed by atoms with Gasteiger partial charge >= 0.3 is 0 Å². The van der Waals surface area contributed by atoms with Gasteiger partial charge in [-0.05, 0) is 35.9 Å². The van der Waals surface area contributed by atoms with Gasteiger partial charge in [0.1, 0.15) is 12.7 Å². The molecule has 1 N–H and O–H groups in total. The lowest BCUT2D eigenvalue weighted by atomic mass is 10.0. The van der Waals surface area contributed by atoms with Gasteiger partial charge in [0.15, 0.2) is 0 Å². The van der Waals surface area contributed by atoms with Crippen LogP contribution in [0, 0.1) is 6.92 Å². The molecule has 23 heavy (non-hydrogen) atoms. The summed E-state index contributed by atoms with van der Waals surface area (Å²) in [6, 6.07) is 11.9. The number of nitrogens with zero attached hydrogens (tertiary/aromatic N) is 3. The third kappa shape index (κ3) is 3.84. The molecule has 0 radical (unpaired) electrons. The van der Waals surface area contributed by atoms with Crippen molar-refractivity contribution in [3.63, 3.8) is 0 Å². The second-order valence-corrected chi connectivity index (χ2v) is 6.23. The highest BCUT2D eigenvalue weighted by atomic mass is 32.1. The highest BCUT2D eigenvalue weighted by molar-refractivity contribution is 7.12. The van der Waals surface area contributed by atoms with Gasteiger partial charge in [-0.2, -0.15) is 5.10 Å². The highest BCUT2D eigenvalue weighted by Crippen LogP contribution is 2.21. The quantitative estimate of drug-likeness (QED) is 0.756. The number of hydrogen-bond acceptors (Lipinski definition) is 4. The summed E-state index contributed by atoms with van der Waals surface area (Å²) in [6.45, 7) is 2.65. The summed E-state index contributed by atoms with van der Waals surface area (Å²) in [6.07, 6.45) is 3.96. The van der Waals surface area contributed by atoms with E-state index in [1.807, 2.05) is 48.7 Å². The Labute approximate surface area is 139 Å². The lowest BCUT2D eigenvalue weighted by Crippen LogP contribution is -2.29. The Bertz CT molecular complexity index is 752. The Morgan fingerprint density at radius 1 is 1.30 bits per heavy atom. The first-order chi connectivity index (χ1) is 11.2. The summed E-state index contributed by atoms with van der Waals surface area (Å²) in [7, 11) is 0. The fourth-order valence-electron chi connectivity index (χ4n) is 2.45. The Kier molecular flexibility index (Phi) is 4.83. The van der Waals surface area contributed by atoms with Crippen molar-refractivity contribution in [1.29, 1.82) is 0 Å². The number of rotatable bonds is 6. The van der Waals surface area contributed by atoms with Crippen LogP contribution in [-0.2, 0) is 6.54 Å². The van der Waals surface area contributed by atoms with Gasteiger partial charge in [-0.3, -0.25) is 9.48 Å². The van der Waals surface area contributed by atoms with Gasteiger partial charge in [0.25, 0.3) is 5.91 Å². The van der Waals surface area contributed by atoms with Crippen LogP contribution in [0.5, 0.6) is 0 Å². The van der Waals surface area contributed by atoms with Crippen molar-refractivity contribution in [2.75, 3.05) is 0 Å². The SMILES string of the molecule is Cc1ccsc1C(=O)N[C@H](CCn1cncn1)c1ccccc1. The predicted octanol–water partition coefficient (Wildman–Crippen LogP) is 3.21. The second-order valence-electron chi connectivity index (χ2n) is 5.32. The summed E-state index contributed by atoms with van der Waals surface area (Å²) < 4.78 is 1.78. The first kappa shape index (κ1) is 15.4. The fraction of sp³-hybridized carbons (Fsp3) is 0.235. The molecule has 5 nitrogen and oxygen atoms in total. The molecule has 0 aliphatic carbocycles. The first-order valence-corrected chi connectivity index (χ1v) is 8.34. The zero-order chi connectivity index (χ0) is 16.1. The maximum absolute atomic E-state index is 12.5. The monoisotopic (exact) mass is 326 g/mol. The number of hydrogen-bond donors (Lipinski definition) is 1. The molecule has 2 aromatic heterocycles. The van der Waals surface area contributed by atoms with E-state index in [0.717, 1.165) is 22.4 Å². The minimum atomic E-state index is -0.0607. The number of carbonyl (C=O) groups is 1. The van der Waals surface area contributed by atoms with Gasteiger partial charge in [0.05, 0.1) is 10.9 Å². The van der Waals surface area contributed by atoms with Crippen LogP contribution in [0.3, 0.4) is 0 Å². The average molecular weight is 326 g/mol. The van der Waals surface area contributed by atoms with Crippen molar-refractivity contribution >= 4 is 17.2 Å². The third-order valence-corrected chi connectivity index (χ3v) is 4.70. The summed E-state index contributed by atoms with van der Waals surface area (Å²) in [5, 5.41) is 9.21. The van der Waals surface area contributed by atoms with Crippen molar-refractivity contribution in [2.45, 2.75) is 25.9 Å². The molecule has 0 bridgehead atoms. The van der Waals surface area contributed by atoms with Gasteiger partial charge in [0.2, 0.25) is 0 Å². The summed E-state index contributed by atoms with van der Waals surface area (Å²) in [5.74, 6) is -0.0232. The van der Waals surface area contributed by atoms with E-state index < -0.39 is 0 Å². The van der Waals surface area contributed by atoms with E-state index in [1.54, 1.807) is 11.0 Å². The van der Waals surface area contributed by atoms with Crippen molar-refractivity contribution in [3.05, 3.63) is 70.4 Å². The van der Waals surface area contributed by atoms with Gasteiger partial charge in [0, 0.05) is 6.54 Å². The largest absolute Gasteiger partial charge is 0.344 e. The van der Waals surface area contributed by atoms with Crippen molar-refractivity contribution < 1.29 is 4.79 Å². The molecule has 6 heteroatoms. The molecular weight excluding hydrogens is 308 g/mol. The zero-order valence-electron chi connectivity index (χ0n) is 12.8.